The second-order valence-electron chi connectivity index (χ2n) is 6.20. The number of rotatable bonds is 5. The van der Waals surface area contributed by atoms with Crippen molar-refractivity contribution in [3.8, 4) is 0 Å². The van der Waals surface area contributed by atoms with Crippen molar-refractivity contribution in [1.82, 2.24) is 10.2 Å². The van der Waals surface area contributed by atoms with Crippen molar-refractivity contribution < 1.29 is 8.42 Å². The summed E-state index contributed by atoms with van der Waals surface area (Å²) in [6, 6.07) is 8.37. The number of piperidine rings is 1. The van der Waals surface area contributed by atoms with Crippen LogP contribution in [0.2, 0.25) is 0 Å². The highest BCUT2D eigenvalue weighted by Crippen LogP contribution is 2.14. The first-order chi connectivity index (χ1) is 9.86. The molecule has 0 saturated carbocycles. The van der Waals surface area contributed by atoms with E-state index in [2.05, 4.69) is 24.1 Å². The largest absolute Gasteiger partial charge is 0.310 e. The van der Waals surface area contributed by atoms with E-state index in [0.29, 0.717) is 17.0 Å². The summed E-state index contributed by atoms with van der Waals surface area (Å²) in [5.41, 5.74) is 1.13. The van der Waals surface area contributed by atoms with Gasteiger partial charge < -0.3 is 10.2 Å². The van der Waals surface area contributed by atoms with Crippen molar-refractivity contribution in [1.29, 1.82) is 0 Å². The SMILES string of the molecule is CC(C)N1CCC(NCc2ccc(S(C)(=O)=O)cc2)CC1. The molecule has 0 amide bonds. The van der Waals surface area contributed by atoms with Gasteiger partial charge in [0, 0.05) is 24.9 Å². The van der Waals surface area contributed by atoms with Crippen molar-refractivity contribution in [3.05, 3.63) is 29.8 Å². The number of hydrogen-bond acceptors (Lipinski definition) is 4. The molecule has 1 saturated heterocycles. The molecule has 1 aliphatic rings. The third-order valence-corrected chi connectivity index (χ3v) is 5.33. The van der Waals surface area contributed by atoms with Gasteiger partial charge in [0.2, 0.25) is 0 Å². The highest BCUT2D eigenvalue weighted by atomic mass is 32.2. The maximum absolute atomic E-state index is 11.4. The first-order valence-electron chi connectivity index (χ1n) is 7.62. The number of nitrogens with one attached hydrogen (secondary N) is 1. The Labute approximate surface area is 128 Å². The van der Waals surface area contributed by atoms with E-state index < -0.39 is 9.84 Å². The van der Waals surface area contributed by atoms with Gasteiger partial charge >= 0.3 is 0 Å². The van der Waals surface area contributed by atoms with E-state index in [0.717, 1.165) is 25.2 Å². The summed E-state index contributed by atoms with van der Waals surface area (Å²) in [5.74, 6) is 0. The van der Waals surface area contributed by atoms with Gasteiger partial charge in [-0.1, -0.05) is 12.1 Å². The molecule has 0 aliphatic carbocycles. The van der Waals surface area contributed by atoms with Crippen molar-refractivity contribution >= 4 is 9.84 Å². The normalized spacial score (nSPS) is 18.3. The van der Waals surface area contributed by atoms with E-state index in [-0.39, 0.29) is 0 Å². The first-order valence-corrected chi connectivity index (χ1v) is 9.52. The fraction of sp³-hybridized carbons (Fsp3) is 0.625. The smallest absolute Gasteiger partial charge is 0.175 e. The molecular weight excluding hydrogens is 284 g/mol. The first kappa shape index (κ1) is 16.5. The molecule has 1 aliphatic heterocycles. The Morgan fingerprint density at radius 1 is 1.19 bits per heavy atom. The molecule has 1 aromatic rings. The van der Waals surface area contributed by atoms with E-state index in [1.54, 1.807) is 12.1 Å². The van der Waals surface area contributed by atoms with Crippen LogP contribution in [0.3, 0.4) is 0 Å². The minimum absolute atomic E-state index is 0.386. The van der Waals surface area contributed by atoms with Crippen LogP contribution in [0.1, 0.15) is 32.3 Å². The molecule has 118 valence electrons. The van der Waals surface area contributed by atoms with Crippen LogP contribution < -0.4 is 5.32 Å². The molecule has 0 radical (unpaired) electrons. The number of nitrogens with zero attached hydrogens (tertiary/aromatic N) is 1. The van der Waals surface area contributed by atoms with Crippen LogP contribution in [0.4, 0.5) is 0 Å². The number of benzene rings is 1. The topological polar surface area (TPSA) is 49.4 Å². The molecule has 1 fully saturated rings. The lowest BCUT2D eigenvalue weighted by molar-refractivity contribution is 0.161. The molecule has 2 rings (SSSR count). The van der Waals surface area contributed by atoms with Crippen LogP contribution in [0.25, 0.3) is 0 Å². The molecule has 0 atom stereocenters. The molecule has 1 aromatic carbocycles. The predicted molar refractivity (Wildman–Crippen MR) is 86.1 cm³/mol. The minimum atomic E-state index is -3.10. The summed E-state index contributed by atoms with van der Waals surface area (Å²) in [6.07, 6.45) is 3.60. The van der Waals surface area contributed by atoms with E-state index >= 15 is 0 Å². The third kappa shape index (κ3) is 4.80. The maximum atomic E-state index is 11.4. The van der Waals surface area contributed by atoms with Gasteiger partial charge in [0.05, 0.1) is 4.90 Å². The van der Waals surface area contributed by atoms with Crippen LogP contribution >= 0.6 is 0 Å². The number of sulfone groups is 1. The van der Waals surface area contributed by atoms with Crippen molar-refractivity contribution in [2.24, 2.45) is 0 Å². The Balaban J connectivity index is 1.82. The molecule has 0 unspecified atom stereocenters. The molecule has 1 heterocycles. The maximum Gasteiger partial charge on any atom is 0.175 e. The molecular formula is C16H26N2O2S. The summed E-state index contributed by atoms with van der Waals surface area (Å²) in [5, 5.41) is 3.58. The quantitative estimate of drug-likeness (QED) is 0.904. The van der Waals surface area contributed by atoms with E-state index in [1.807, 2.05) is 12.1 Å². The van der Waals surface area contributed by atoms with Gasteiger partial charge in [-0.05, 0) is 57.5 Å². The lowest BCUT2D eigenvalue weighted by Gasteiger charge is -2.35. The molecule has 1 N–H and O–H groups in total. The second kappa shape index (κ2) is 6.90. The average Bonchev–Trinajstić information content (AvgIpc) is 2.45. The second-order valence-corrected chi connectivity index (χ2v) is 8.22. The lowest BCUT2D eigenvalue weighted by Crippen LogP contribution is -2.44. The van der Waals surface area contributed by atoms with E-state index in [1.165, 1.54) is 19.1 Å². The standard InChI is InChI=1S/C16H26N2O2S/c1-13(2)18-10-8-15(9-11-18)17-12-14-4-6-16(7-5-14)21(3,19)20/h4-7,13,15,17H,8-12H2,1-3H3. The summed E-state index contributed by atoms with van der Waals surface area (Å²) >= 11 is 0. The molecule has 5 heteroatoms. The fourth-order valence-corrected chi connectivity index (χ4v) is 3.37. The summed E-state index contributed by atoms with van der Waals surface area (Å²) in [4.78, 5) is 2.90. The van der Waals surface area contributed by atoms with E-state index in [9.17, 15) is 8.42 Å². The monoisotopic (exact) mass is 310 g/mol. The fourth-order valence-electron chi connectivity index (χ4n) is 2.74. The molecule has 0 spiro atoms. The molecule has 21 heavy (non-hydrogen) atoms. The number of likely N-dealkylation sites (tertiary alicyclic amines) is 1. The highest BCUT2D eigenvalue weighted by molar-refractivity contribution is 7.90. The van der Waals surface area contributed by atoms with Gasteiger partial charge in [-0.25, -0.2) is 8.42 Å². The van der Waals surface area contributed by atoms with Gasteiger partial charge in [0.1, 0.15) is 0 Å². The zero-order valence-electron chi connectivity index (χ0n) is 13.2. The Bertz CT molecular complexity index is 544. The molecule has 4 nitrogen and oxygen atoms in total. The molecule has 0 bridgehead atoms. The minimum Gasteiger partial charge on any atom is -0.310 e. The van der Waals surface area contributed by atoms with Crippen LogP contribution in [-0.4, -0.2) is 44.7 Å². The Morgan fingerprint density at radius 2 is 1.76 bits per heavy atom. The Hall–Kier alpha value is -0.910. The van der Waals surface area contributed by atoms with Crippen molar-refractivity contribution in [3.63, 3.8) is 0 Å². The van der Waals surface area contributed by atoms with Gasteiger partial charge in [0.25, 0.3) is 0 Å². The van der Waals surface area contributed by atoms with Gasteiger partial charge in [-0.3, -0.25) is 0 Å². The zero-order valence-corrected chi connectivity index (χ0v) is 14.0. The average molecular weight is 310 g/mol. The summed E-state index contributed by atoms with van der Waals surface area (Å²) in [6.45, 7) is 7.61. The van der Waals surface area contributed by atoms with Gasteiger partial charge in [0.15, 0.2) is 9.84 Å². The third-order valence-electron chi connectivity index (χ3n) is 4.21. The summed E-state index contributed by atoms with van der Waals surface area (Å²) < 4.78 is 22.8. The number of hydrogen-bond donors (Lipinski definition) is 1. The van der Waals surface area contributed by atoms with Gasteiger partial charge in [-0.15, -0.1) is 0 Å². The van der Waals surface area contributed by atoms with Crippen LogP contribution in [0, 0.1) is 0 Å². The van der Waals surface area contributed by atoms with Crippen LogP contribution in [-0.2, 0) is 16.4 Å². The zero-order chi connectivity index (χ0) is 15.5. The van der Waals surface area contributed by atoms with Gasteiger partial charge in [-0.2, -0.15) is 0 Å². The lowest BCUT2D eigenvalue weighted by atomic mass is 10.0. The van der Waals surface area contributed by atoms with Crippen molar-refractivity contribution in [2.75, 3.05) is 19.3 Å². The van der Waals surface area contributed by atoms with Crippen LogP contribution in [0.15, 0.2) is 29.2 Å². The Morgan fingerprint density at radius 3 is 2.24 bits per heavy atom. The molecule has 0 aromatic heterocycles. The predicted octanol–water partition coefficient (Wildman–Crippen LogP) is 2.05. The highest BCUT2D eigenvalue weighted by Gasteiger charge is 2.20. The van der Waals surface area contributed by atoms with E-state index in [4.69, 9.17) is 0 Å². The van der Waals surface area contributed by atoms with Crippen molar-refractivity contribution in [2.45, 2.75) is 50.2 Å². The van der Waals surface area contributed by atoms with Crippen LogP contribution in [0.5, 0.6) is 0 Å². The summed E-state index contributed by atoms with van der Waals surface area (Å²) in [7, 11) is -3.10. The Kier molecular flexibility index (Phi) is 5.41.